The maximum Gasteiger partial charge on any atom is 0.0917 e. The fraction of sp³-hybridized carbons (Fsp3) is 1.00. The summed E-state index contributed by atoms with van der Waals surface area (Å²) >= 11 is 0. The Bertz CT molecular complexity index is 270. The molecule has 0 aromatic carbocycles. The number of piperidine rings is 1. The van der Waals surface area contributed by atoms with Crippen molar-refractivity contribution >= 4 is 0 Å². The third kappa shape index (κ3) is 5.21. The summed E-state index contributed by atoms with van der Waals surface area (Å²) < 4.78 is 1.28. The van der Waals surface area contributed by atoms with Crippen LogP contribution in [0.3, 0.4) is 0 Å². The molecule has 0 aromatic rings. The first-order valence-electron chi connectivity index (χ1n) is 9.19. The predicted molar refractivity (Wildman–Crippen MR) is 85.7 cm³/mol. The fourth-order valence-corrected chi connectivity index (χ4v) is 4.67. The van der Waals surface area contributed by atoms with E-state index < -0.39 is 0 Å². The summed E-state index contributed by atoms with van der Waals surface area (Å²) in [6.07, 6.45) is 16.2. The minimum atomic E-state index is -0.00253. The molecule has 2 unspecified atom stereocenters. The van der Waals surface area contributed by atoms with E-state index in [0.29, 0.717) is 0 Å². The van der Waals surface area contributed by atoms with Crippen molar-refractivity contribution in [1.29, 1.82) is 0 Å². The summed E-state index contributed by atoms with van der Waals surface area (Å²) in [7, 11) is 2.47. The Morgan fingerprint density at radius 2 is 1.33 bits per heavy atom. The van der Waals surface area contributed by atoms with Gasteiger partial charge in [0.2, 0.25) is 0 Å². The Morgan fingerprint density at radius 1 is 0.857 bits per heavy atom. The number of halogens is 1. The molecule has 126 valence electrons. The van der Waals surface area contributed by atoms with Crippen LogP contribution in [0, 0.1) is 0 Å². The van der Waals surface area contributed by atoms with Gasteiger partial charge in [0, 0.05) is 25.7 Å². The Labute approximate surface area is 142 Å². The second-order valence-corrected chi connectivity index (χ2v) is 7.56. The molecular weight excluding hydrogens is 326 g/mol. The number of rotatable bonds is 9. The summed E-state index contributed by atoms with van der Waals surface area (Å²) in [5, 5.41) is 9.92. The average Bonchev–Trinajstić information content (AvgIpc) is 2.62. The monoisotopic (exact) mass is 361 g/mol. The van der Waals surface area contributed by atoms with E-state index in [9.17, 15) is 5.11 Å². The van der Waals surface area contributed by atoms with Crippen molar-refractivity contribution < 1.29 is 26.6 Å². The number of nitrogens with zero attached hydrogens (tertiary/aromatic N) is 1. The highest BCUT2D eigenvalue weighted by Gasteiger charge is 2.50. The Kier molecular flexibility index (Phi) is 8.82. The van der Waals surface area contributed by atoms with E-state index in [1.54, 1.807) is 0 Å². The molecule has 2 atom stereocenters. The SMILES string of the molecule is CCCCCCCCCC[N+]1(C)C2CCC1CC(O)C2.[Br-]. The smallest absolute Gasteiger partial charge is 0.0917 e. The fourth-order valence-electron chi connectivity index (χ4n) is 4.67. The van der Waals surface area contributed by atoms with Gasteiger partial charge in [-0.3, -0.25) is 0 Å². The summed E-state index contributed by atoms with van der Waals surface area (Å²) in [6, 6.07) is 1.52. The Hall–Kier alpha value is 0.400. The van der Waals surface area contributed by atoms with Gasteiger partial charge in [-0.25, -0.2) is 0 Å². The van der Waals surface area contributed by atoms with Crippen molar-refractivity contribution in [3.63, 3.8) is 0 Å². The molecule has 0 spiro atoms. The zero-order valence-corrected chi connectivity index (χ0v) is 15.8. The van der Waals surface area contributed by atoms with Crippen molar-refractivity contribution in [3.8, 4) is 0 Å². The molecule has 2 bridgehead atoms. The van der Waals surface area contributed by atoms with Gasteiger partial charge in [-0.15, -0.1) is 0 Å². The molecule has 21 heavy (non-hydrogen) atoms. The van der Waals surface area contributed by atoms with E-state index in [2.05, 4.69) is 14.0 Å². The van der Waals surface area contributed by atoms with E-state index in [1.807, 2.05) is 0 Å². The van der Waals surface area contributed by atoms with E-state index in [0.717, 1.165) is 24.9 Å². The Morgan fingerprint density at radius 3 is 1.86 bits per heavy atom. The maximum atomic E-state index is 9.92. The lowest BCUT2D eigenvalue weighted by Gasteiger charge is -2.46. The minimum Gasteiger partial charge on any atom is -1.00 e. The molecule has 2 fully saturated rings. The average molecular weight is 362 g/mol. The normalized spacial score (nSPS) is 34.7. The van der Waals surface area contributed by atoms with Crippen LogP contribution in [0.5, 0.6) is 0 Å². The maximum absolute atomic E-state index is 9.92. The number of unbranched alkanes of at least 4 members (excludes halogenated alkanes) is 7. The Balaban J connectivity index is 0.00000220. The molecule has 0 saturated carbocycles. The largest absolute Gasteiger partial charge is 1.00 e. The third-order valence-corrected chi connectivity index (χ3v) is 6.08. The first-order valence-corrected chi connectivity index (χ1v) is 9.19. The van der Waals surface area contributed by atoms with Gasteiger partial charge in [0.25, 0.3) is 0 Å². The lowest BCUT2D eigenvalue weighted by atomic mass is 9.96. The van der Waals surface area contributed by atoms with E-state index >= 15 is 0 Å². The van der Waals surface area contributed by atoms with E-state index in [-0.39, 0.29) is 23.1 Å². The first kappa shape index (κ1) is 19.4. The van der Waals surface area contributed by atoms with Crippen LogP contribution in [0.2, 0.25) is 0 Å². The van der Waals surface area contributed by atoms with Crippen LogP contribution in [0.25, 0.3) is 0 Å². The van der Waals surface area contributed by atoms with E-state index in [1.165, 1.54) is 75.2 Å². The first-order chi connectivity index (χ1) is 9.66. The molecule has 0 amide bonds. The van der Waals surface area contributed by atoms with Crippen molar-refractivity contribution in [3.05, 3.63) is 0 Å². The second kappa shape index (κ2) is 9.52. The van der Waals surface area contributed by atoms with Gasteiger partial charge in [0.05, 0.1) is 31.8 Å². The molecule has 2 saturated heterocycles. The summed E-state index contributed by atoms with van der Waals surface area (Å²) in [6.45, 7) is 3.64. The standard InChI is InChI=1S/C18H36NO.BrH/c1-3-4-5-6-7-8-9-10-13-19(2)16-11-12-17(19)15-18(20)14-16;/h16-18,20H,3-15H2,1-2H3;1H/q+1;/p-1. The molecule has 1 N–H and O–H groups in total. The molecule has 2 aliphatic rings. The van der Waals surface area contributed by atoms with Crippen molar-refractivity contribution in [2.45, 2.75) is 102 Å². The molecule has 2 rings (SSSR count). The van der Waals surface area contributed by atoms with Crippen LogP contribution in [0.4, 0.5) is 0 Å². The van der Waals surface area contributed by atoms with Gasteiger partial charge in [-0.1, -0.05) is 45.4 Å². The van der Waals surface area contributed by atoms with Gasteiger partial charge >= 0.3 is 0 Å². The van der Waals surface area contributed by atoms with Crippen molar-refractivity contribution in [2.24, 2.45) is 0 Å². The zero-order valence-electron chi connectivity index (χ0n) is 14.2. The lowest BCUT2D eigenvalue weighted by molar-refractivity contribution is -0.949. The van der Waals surface area contributed by atoms with E-state index in [4.69, 9.17) is 0 Å². The van der Waals surface area contributed by atoms with Crippen molar-refractivity contribution in [1.82, 2.24) is 0 Å². The number of hydrogen-bond acceptors (Lipinski definition) is 1. The number of aliphatic hydroxyl groups is 1. The molecule has 0 aliphatic carbocycles. The van der Waals surface area contributed by atoms with Gasteiger partial charge in [-0.05, 0) is 12.8 Å². The van der Waals surface area contributed by atoms with Crippen LogP contribution in [0.15, 0.2) is 0 Å². The van der Waals surface area contributed by atoms with Crippen LogP contribution in [-0.2, 0) is 0 Å². The van der Waals surface area contributed by atoms with Crippen LogP contribution >= 0.6 is 0 Å². The molecule has 0 aromatic heterocycles. The second-order valence-electron chi connectivity index (χ2n) is 7.56. The highest BCUT2D eigenvalue weighted by atomic mass is 79.9. The summed E-state index contributed by atoms with van der Waals surface area (Å²) in [5.74, 6) is 0. The number of aliphatic hydroxyl groups excluding tert-OH is 1. The quantitative estimate of drug-likeness (QED) is 0.484. The lowest BCUT2D eigenvalue weighted by Crippen LogP contribution is -3.00. The topological polar surface area (TPSA) is 20.2 Å². The van der Waals surface area contributed by atoms with Gasteiger partial charge < -0.3 is 26.6 Å². The predicted octanol–water partition coefficient (Wildman–Crippen LogP) is 1.26. The summed E-state index contributed by atoms with van der Waals surface area (Å²) in [5.41, 5.74) is 0. The number of quaternary nitrogens is 1. The molecular formula is C18H36BrNO. The molecule has 0 radical (unpaired) electrons. The molecule has 2 heterocycles. The van der Waals surface area contributed by atoms with Crippen molar-refractivity contribution in [2.75, 3.05) is 13.6 Å². The summed E-state index contributed by atoms with van der Waals surface area (Å²) in [4.78, 5) is 0. The van der Waals surface area contributed by atoms with Crippen LogP contribution in [-0.4, -0.2) is 41.4 Å². The molecule has 3 heteroatoms. The third-order valence-electron chi connectivity index (χ3n) is 6.08. The zero-order chi connectivity index (χ0) is 14.4. The minimum absolute atomic E-state index is 0. The highest BCUT2D eigenvalue weighted by molar-refractivity contribution is 4.85. The number of fused-ring (bicyclic) bond motifs is 2. The molecule has 2 aliphatic heterocycles. The van der Waals surface area contributed by atoms with Crippen LogP contribution in [0.1, 0.15) is 84.0 Å². The van der Waals surface area contributed by atoms with Crippen LogP contribution < -0.4 is 17.0 Å². The van der Waals surface area contributed by atoms with Gasteiger partial charge in [0.1, 0.15) is 0 Å². The highest BCUT2D eigenvalue weighted by Crippen LogP contribution is 2.41. The number of hydrogen-bond donors (Lipinski definition) is 1. The molecule has 2 nitrogen and oxygen atoms in total. The van der Waals surface area contributed by atoms with Gasteiger partial charge in [-0.2, -0.15) is 0 Å². The van der Waals surface area contributed by atoms with Gasteiger partial charge in [0.15, 0.2) is 0 Å².